The zero-order chi connectivity index (χ0) is 19.4. The minimum Gasteiger partial charge on any atom is -0.386 e. The molecule has 0 saturated carbocycles. The van der Waals surface area contributed by atoms with Crippen molar-refractivity contribution in [2.24, 2.45) is 0 Å². The van der Waals surface area contributed by atoms with Crippen LogP contribution >= 0.6 is 11.3 Å². The van der Waals surface area contributed by atoms with Crippen molar-refractivity contribution >= 4 is 17.2 Å². The number of carbonyl (C=O) groups excluding carboxylic acids is 1. The van der Waals surface area contributed by atoms with Crippen LogP contribution in [0.25, 0.3) is 0 Å². The van der Waals surface area contributed by atoms with E-state index >= 15 is 0 Å². The molecule has 5 nitrogen and oxygen atoms in total. The highest BCUT2D eigenvalue weighted by atomic mass is 32.1. The molecular weight excluding hydrogens is 372 g/mol. The molecule has 0 spiro atoms. The van der Waals surface area contributed by atoms with Crippen molar-refractivity contribution in [2.75, 3.05) is 45.9 Å². The van der Waals surface area contributed by atoms with Gasteiger partial charge in [0.2, 0.25) is 5.91 Å². The molecule has 2 aliphatic heterocycles. The Morgan fingerprint density at radius 1 is 1.07 bits per heavy atom. The lowest BCUT2D eigenvalue weighted by molar-refractivity contribution is -0.143. The van der Waals surface area contributed by atoms with Crippen LogP contribution in [-0.4, -0.2) is 66.8 Å². The van der Waals surface area contributed by atoms with Crippen LogP contribution in [0.5, 0.6) is 0 Å². The summed E-state index contributed by atoms with van der Waals surface area (Å²) in [5, 5.41) is 12.4. The maximum atomic E-state index is 13.6. The molecule has 2 aromatic rings. The van der Waals surface area contributed by atoms with Gasteiger partial charge in [0, 0.05) is 50.8 Å². The molecule has 0 radical (unpaired) electrons. The molecule has 28 heavy (non-hydrogen) atoms. The normalized spacial score (nSPS) is 21.4. The Kier molecular flexibility index (Phi) is 6.11. The Bertz CT molecular complexity index is 751. The lowest BCUT2D eigenvalue weighted by Gasteiger charge is -2.43. The van der Waals surface area contributed by atoms with Gasteiger partial charge in [-0.3, -0.25) is 9.69 Å². The molecule has 0 unspecified atom stereocenters. The Balaban J connectivity index is 1.41. The van der Waals surface area contributed by atoms with E-state index in [9.17, 15) is 9.90 Å². The summed E-state index contributed by atoms with van der Waals surface area (Å²) in [4.78, 5) is 18.9. The third kappa shape index (κ3) is 4.01. The lowest BCUT2D eigenvalue weighted by Crippen LogP contribution is -2.56. The minimum atomic E-state index is -0.460. The molecule has 1 amide bonds. The predicted molar refractivity (Wildman–Crippen MR) is 110 cm³/mol. The second-order valence-corrected chi connectivity index (χ2v) is 8.66. The van der Waals surface area contributed by atoms with Crippen molar-refractivity contribution < 1.29 is 14.6 Å². The van der Waals surface area contributed by atoms with Gasteiger partial charge in [-0.25, -0.2) is 0 Å². The molecule has 150 valence electrons. The Morgan fingerprint density at radius 2 is 1.79 bits per heavy atom. The summed E-state index contributed by atoms with van der Waals surface area (Å²) in [6.45, 7) is 4.92. The first-order chi connectivity index (χ1) is 13.7. The molecule has 1 N–H and O–H groups in total. The number of thiophene rings is 1. The Labute approximate surface area is 170 Å². The largest absolute Gasteiger partial charge is 0.386 e. The van der Waals surface area contributed by atoms with E-state index in [1.54, 1.807) is 11.3 Å². The first-order valence-electron chi connectivity index (χ1n) is 10.1. The number of ether oxygens (including phenoxy) is 1. The number of benzene rings is 1. The second-order valence-electron chi connectivity index (χ2n) is 7.68. The predicted octanol–water partition coefficient (Wildman–Crippen LogP) is 2.67. The van der Waals surface area contributed by atoms with Crippen LogP contribution in [0.4, 0.5) is 0 Å². The van der Waals surface area contributed by atoms with E-state index in [4.69, 9.17) is 4.74 Å². The lowest BCUT2D eigenvalue weighted by atomic mass is 9.73. The second kappa shape index (κ2) is 8.74. The van der Waals surface area contributed by atoms with Gasteiger partial charge in [0.1, 0.15) is 6.10 Å². The molecular formula is C22H28N2O3S. The molecule has 6 heteroatoms. The minimum absolute atomic E-state index is 0.237. The average Bonchev–Trinajstić information content (AvgIpc) is 3.30. The van der Waals surface area contributed by atoms with E-state index in [0.29, 0.717) is 32.8 Å². The number of rotatable bonds is 5. The highest BCUT2D eigenvalue weighted by Gasteiger charge is 2.44. The summed E-state index contributed by atoms with van der Waals surface area (Å²) in [5.74, 6) is 0.237. The first-order valence-corrected chi connectivity index (χ1v) is 10.9. The Morgan fingerprint density at radius 3 is 2.43 bits per heavy atom. The zero-order valence-electron chi connectivity index (χ0n) is 16.1. The average molecular weight is 401 g/mol. The highest BCUT2D eigenvalue weighted by Crippen LogP contribution is 2.37. The fourth-order valence-electron chi connectivity index (χ4n) is 4.35. The van der Waals surface area contributed by atoms with Gasteiger partial charge >= 0.3 is 0 Å². The van der Waals surface area contributed by atoms with Crippen LogP contribution in [0.1, 0.15) is 29.4 Å². The van der Waals surface area contributed by atoms with Crippen LogP contribution in [0.15, 0.2) is 47.8 Å². The number of aliphatic hydroxyl groups is 1. The van der Waals surface area contributed by atoms with Gasteiger partial charge < -0.3 is 14.7 Å². The molecule has 1 aromatic heterocycles. The topological polar surface area (TPSA) is 53.0 Å². The molecule has 2 saturated heterocycles. The van der Waals surface area contributed by atoms with Crippen molar-refractivity contribution in [1.82, 2.24) is 9.80 Å². The number of hydrogen-bond donors (Lipinski definition) is 1. The van der Waals surface area contributed by atoms with E-state index in [1.165, 1.54) is 0 Å². The van der Waals surface area contributed by atoms with E-state index < -0.39 is 11.5 Å². The highest BCUT2D eigenvalue weighted by molar-refractivity contribution is 7.10. The summed E-state index contributed by atoms with van der Waals surface area (Å²) >= 11 is 1.59. The van der Waals surface area contributed by atoms with Crippen molar-refractivity contribution in [1.29, 1.82) is 0 Å². The molecule has 1 aromatic carbocycles. The van der Waals surface area contributed by atoms with Gasteiger partial charge in [-0.05, 0) is 29.9 Å². The third-order valence-electron chi connectivity index (χ3n) is 6.04. The fraction of sp³-hybridized carbons (Fsp3) is 0.500. The summed E-state index contributed by atoms with van der Waals surface area (Å²) in [6.07, 6.45) is 1.04. The summed E-state index contributed by atoms with van der Waals surface area (Å²) in [6, 6.07) is 14.1. The summed E-state index contributed by atoms with van der Waals surface area (Å²) < 4.78 is 5.57. The van der Waals surface area contributed by atoms with Crippen LogP contribution < -0.4 is 0 Å². The van der Waals surface area contributed by atoms with Crippen molar-refractivity contribution in [3.05, 3.63) is 58.3 Å². The van der Waals surface area contributed by atoms with Crippen LogP contribution in [-0.2, 0) is 14.9 Å². The molecule has 2 aliphatic rings. The van der Waals surface area contributed by atoms with Crippen LogP contribution in [0, 0.1) is 0 Å². The Hall–Kier alpha value is -1.73. The standard InChI is InChI=1S/C22H28N2O3S/c25-19(20-7-4-16-28-20)17-23-10-12-24(13-11-23)21(26)22(8-14-27-15-9-22)18-5-2-1-3-6-18/h1-7,16,19,25H,8-15,17H2/t19-/m1/s1. The number of piperazine rings is 1. The fourth-order valence-corrected chi connectivity index (χ4v) is 5.06. The van der Waals surface area contributed by atoms with Gasteiger partial charge in [-0.15, -0.1) is 11.3 Å². The van der Waals surface area contributed by atoms with Crippen LogP contribution in [0.3, 0.4) is 0 Å². The van der Waals surface area contributed by atoms with Gasteiger partial charge in [0.15, 0.2) is 0 Å². The summed E-state index contributed by atoms with van der Waals surface area (Å²) in [7, 11) is 0. The SMILES string of the molecule is O=C(N1CCN(C[C@@H](O)c2cccs2)CC1)C1(c2ccccc2)CCOCC1. The maximum absolute atomic E-state index is 13.6. The van der Waals surface area contributed by atoms with E-state index in [1.807, 2.05) is 40.6 Å². The van der Waals surface area contributed by atoms with Crippen molar-refractivity contribution in [3.63, 3.8) is 0 Å². The zero-order valence-corrected chi connectivity index (χ0v) is 16.9. The van der Waals surface area contributed by atoms with E-state index in [2.05, 4.69) is 17.0 Å². The molecule has 0 bridgehead atoms. The maximum Gasteiger partial charge on any atom is 0.233 e. The smallest absolute Gasteiger partial charge is 0.233 e. The van der Waals surface area contributed by atoms with Crippen molar-refractivity contribution in [3.8, 4) is 0 Å². The number of nitrogens with zero attached hydrogens (tertiary/aromatic N) is 2. The number of β-amino-alcohol motifs (C(OH)–C–C–N with tert-alkyl or cyclic N) is 1. The van der Waals surface area contributed by atoms with Gasteiger partial charge in [0.25, 0.3) is 0 Å². The van der Waals surface area contributed by atoms with Crippen molar-refractivity contribution in [2.45, 2.75) is 24.4 Å². The molecule has 3 heterocycles. The van der Waals surface area contributed by atoms with E-state index in [0.717, 1.165) is 36.4 Å². The first kappa shape index (κ1) is 19.6. The van der Waals surface area contributed by atoms with Crippen LogP contribution in [0.2, 0.25) is 0 Å². The monoisotopic (exact) mass is 400 g/mol. The number of hydrogen-bond acceptors (Lipinski definition) is 5. The molecule has 1 atom stereocenters. The number of aliphatic hydroxyl groups excluding tert-OH is 1. The van der Waals surface area contributed by atoms with E-state index in [-0.39, 0.29) is 5.91 Å². The third-order valence-corrected chi connectivity index (χ3v) is 7.02. The van der Waals surface area contributed by atoms with Gasteiger partial charge in [-0.2, -0.15) is 0 Å². The van der Waals surface area contributed by atoms with Gasteiger partial charge in [-0.1, -0.05) is 36.4 Å². The van der Waals surface area contributed by atoms with Gasteiger partial charge in [0.05, 0.1) is 5.41 Å². The molecule has 4 rings (SSSR count). The number of amides is 1. The number of carbonyl (C=O) groups is 1. The quantitative estimate of drug-likeness (QED) is 0.838. The molecule has 2 fully saturated rings. The summed E-state index contributed by atoms with van der Waals surface area (Å²) in [5.41, 5.74) is 0.650. The molecule has 0 aliphatic carbocycles.